The van der Waals surface area contributed by atoms with E-state index in [1.807, 2.05) is 30.3 Å². The molecule has 1 saturated carbocycles. The highest BCUT2D eigenvalue weighted by Crippen LogP contribution is 2.55. The van der Waals surface area contributed by atoms with Gasteiger partial charge >= 0.3 is 11.9 Å². The Morgan fingerprint density at radius 1 is 1.00 bits per heavy atom. The summed E-state index contributed by atoms with van der Waals surface area (Å²) in [4.78, 5) is 22.5. The van der Waals surface area contributed by atoms with Crippen LogP contribution < -0.4 is 4.74 Å². The second-order valence-corrected chi connectivity index (χ2v) is 6.15. The Hall–Kier alpha value is -2.82. The predicted octanol–water partition coefficient (Wildman–Crippen LogP) is 2.98. The fourth-order valence-electron chi connectivity index (χ4n) is 2.95. The summed E-state index contributed by atoms with van der Waals surface area (Å²) in [5.74, 6) is -2.19. The molecule has 0 spiro atoms. The average molecular weight is 326 g/mol. The Morgan fingerprint density at radius 3 is 2.21 bits per heavy atom. The molecular weight excluding hydrogens is 308 g/mol. The molecule has 1 fully saturated rings. The molecule has 5 nitrogen and oxygen atoms in total. The van der Waals surface area contributed by atoms with Crippen LogP contribution in [0.4, 0.5) is 0 Å². The van der Waals surface area contributed by atoms with Gasteiger partial charge in [0, 0.05) is 0 Å². The quantitative estimate of drug-likeness (QED) is 0.817. The fraction of sp³-hybridized carbons (Fsp3) is 0.263. The highest BCUT2D eigenvalue weighted by atomic mass is 16.5. The molecule has 2 N–H and O–H groups in total. The van der Waals surface area contributed by atoms with Gasteiger partial charge in [-0.15, -0.1) is 0 Å². The van der Waals surface area contributed by atoms with Gasteiger partial charge in [0.25, 0.3) is 0 Å². The number of carboxylic acids is 2. The van der Waals surface area contributed by atoms with Crippen molar-refractivity contribution in [2.24, 2.45) is 11.3 Å². The van der Waals surface area contributed by atoms with Crippen LogP contribution in [0.15, 0.2) is 54.6 Å². The first kappa shape index (κ1) is 16.1. The third-order valence-corrected chi connectivity index (χ3v) is 4.49. The Labute approximate surface area is 139 Å². The highest BCUT2D eigenvalue weighted by molar-refractivity contribution is 5.89. The molecule has 0 amide bonds. The molecule has 0 bridgehead atoms. The minimum atomic E-state index is -1.17. The van der Waals surface area contributed by atoms with E-state index in [0.717, 1.165) is 11.1 Å². The predicted molar refractivity (Wildman–Crippen MR) is 86.7 cm³/mol. The number of aliphatic carboxylic acids is 2. The van der Waals surface area contributed by atoms with Crippen LogP contribution in [0.2, 0.25) is 0 Å². The second kappa shape index (κ2) is 6.35. The standard InChI is InChI=1S/C19H18O5/c20-17(21)16-11-19(16,18(22)23)10-13-6-8-15(9-7-13)24-12-14-4-2-1-3-5-14/h1-9,16H,10-12H2,(H,20,21)(H,22,23)/t16-,19+/m1/s1. The molecular formula is C19H18O5. The molecule has 2 atom stereocenters. The lowest BCUT2D eigenvalue weighted by molar-refractivity contribution is -0.149. The number of hydrogen-bond acceptors (Lipinski definition) is 3. The minimum absolute atomic E-state index is 0.184. The molecule has 2 aromatic rings. The van der Waals surface area contributed by atoms with E-state index in [0.29, 0.717) is 12.4 Å². The van der Waals surface area contributed by atoms with Crippen molar-refractivity contribution in [3.63, 3.8) is 0 Å². The maximum Gasteiger partial charge on any atom is 0.310 e. The second-order valence-electron chi connectivity index (χ2n) is 6.15. The zero-order chi connectivity index (χ0) is 17.2. The summed E-state index contributed by atoms with van der Waals surface area (Å²) in [6.07, 6.45) is 0.405. The summed E-state index contributed by atoms with van der Waals surface area (Å²) >= 11 is 0. The lowest BCUT2D eigenvalue weighted by Crippen LogP contribution is -2.23. The smallest absolute Gasteiger partial charge is 0.310 e. The maximum atomic E-state index is 11.4. The number of carboxylic acid groups (broad SMARTS) is 2. The van der Waals surface area contributed by atoms with Crippen LogP contribution in [-0.2, 0) is 22.6 Å². The first-order valence-electron chi connectivity index (χ1n) is 7.73. The largest absolute Gasteiger partial charge is 0.489 e. The molecule has 2 aromatic carbocycles. The van der Waals surface area contributed by atoms with Crippen molar-refractivity contribution in [1.82, 2.24) is 0 Å². The monoisotopic (exact) mass is 326 g/mol. The van der Waals surface area contributed by atoms with Gasteiger partial charge in [0.1, 0.15) is 12.4 Å². The molecule has 0 saturated heterocycles. The van der Waals surface area contributed by atoms with Gasteiger partial charge in [-0.1, -0.05) is 42.5 Å². The Bertz CT molecular complexity index is 738. The molecule has 0 aliphatic heterocycles. The maximum absolute atomic E-state index is 11.4. The molecule has 5 heteroatoms. The molecule has 1 aliphatic carbocycles. The summed E-state index contributed by atoms with van der Waals surface area (Å²) in [5.41, 5.74) is 0.694. The van der Waals surface area contributed by atoms with E-state index >= 15 is 0 Å². The molecule has 24 heavy (non-hydrogen) atoms. The lowest BCUT2D eigenvalue weighted by atomic mass is 9.94. The molecule has 124 valence electrons. The van der Waals surface area contributed by atoms with Crippen molar-refractivity contribution in [3.8, 4) is 5.75 Å². The SMILES string of the molecule is O=C(O)[C@H]1C[C@]1(Cc1ccc(OCc2ccccc2)cc1)C(=O)O. The molecule has 0 heterocycles. The molecule has 0 radical (unpaired) electrons. The zero-order valence-corrected chi connectivity index (χ0v) is 13.0. The van der Waals surface area contributed by atoms with E-state index in [2.05, 4.69) is 0 Å². The lowest BCUT2D eigenvalue weighted by Gasteiger charge is -2.12. The van der Waals surface area contributed by atoms with Crippen LogP contribution >= 0.6 is 0 Å². The number of ether oxygens (including phenoxy) is 1. The summed E-state index contributed by atoms with van der Waals surface area (Å²) in [6, 6.07) is 16.9. The first-order chi connectivity index (χ1) is 11.5. The van der Waals surface area contributed by atoms with E-state index in [9.17, 15) is 14.7 Å². The summed E-state index contributed by atoms with van der Waals surface area (Å²) in [6.45, 7) is 0.459. The van der Waals surface area contributed by atoms with Crippen LogP contribution in [0.1, 0.15) is 17.5 Å². The Kier molecular flexibility index (Phi) is 4.25. The summed E-state index contributed by atoms with van der Waals surface area (Å²) in [5, 5.41) is 18.4. The van der Waals surface area contributed by atoms with Gasteiger partial charge in [-0.2, -0.15) is 0 Å². The Balaban J connectivity index is 1.62. The van der Waals surface area contributed by atoms with Crippen molar-refractivity contribution < 1.29 is 24.5 Å². The topological polar surface area (TPSA) is 83.8 Å². The van der Waals surface area contributed by atoms with Crippen LogP contribution in [0.5, 0.6) is 5.75 Å². The van der Waals surface area contributed by atoms with Crippen LogP contribution in [-0.4, -0.2) is 22.2 Å². The normalized spacial score (nSPS) is 21.9. The van der Waals surface area contributed by atoms with Gasteiger partial charge < -0.3 is 14.9 Å². The minimum Gasteiger partial charge on any atom is -0.489 e. The average Bonchev–Trinajstić information content (AvgIpc) is 3.31. The molecule has 3 rings (SSSR count). The molecule has 1 aliphatic rings. The number of rotatable bonds is 7. The first-order valence-corrected chi connectivity index (χ1v) is 7.73. The van der Waals surface area contributed by atoms with Crippen molar-refractivity contribution >= 4 is 11.9 Å². The van der Waals surface area contributed by atoms with E-state index in [1.54, 1.807) is 24.3 Å². The van der Waals surface area contributed by atoms with Gasteiger partial charge in [0.2, 0.25) is 0 Å². The van der Waals surface area contributed by atoms with E-state index in [4.69, 9.17) is 9.84 Å². The van der Waals surface area contributed by atoms with Crippen LogP contribution in [0, 0.1) is 11.3 Å². The third kappa shape index (κ3) is 3.25. The third-order valence-electron chi connectivity index (χ3n) is 4.49. The van der Waals surface area contributed by atoms with Crippen LogP contribution in [0.3, 0.4) is 0 Å². The number of benzene rings is 2. The molecule has 0 unspecified atom stereocenters. The summed E-state index contributed by atoms with van der Waals surface area (Å²) in [7, 11) is 0. The zero-order valence-electron chi connectivity index (χ0n) is 13.0. The van der Waals surface area contributed by atoms with Crippen molar-refractivity contribution in [3.05, 3.63) is 65.7 Å². The number of carbonyl (C=O) groups is 2. The van der Waals surface area contributed by atoms with Gasteiger partial charge in [0.15, 0.2) is 0 Å². The van der Waals surface area contributed by atoms with Gasteiger partial charge in [0.05, 0.1) is 11.3 Å². The Morgan fingerprint density at radius 2 is 1.67 bits per heavy atom. The fourth-order valence-corrected chi connectivity index (χ4v) is 2.95. The van der Waals surface area contributed by atoms with Gasteiger partial charge in [-0.3, -0.25) is 9.59 Å². The van der Waals surface area contributed by atoms with Crippen molar-refractivity contribution in [1.29, 1.82) is 0 Å². The van der Waals surface area contributed by atoms with E-state index < -0.39 is 23.3 Å². The van der Waals surface area contributed by atoms with Gasteiger partial charge in [-0.25, -0.2) is 0 Å². The van der Waals surface area contributed by atoms with Crippen molar-refractivity contribution in [2.45, 2.75) is 19.4 Å². The van der Waals surface area contributed by atoms with Crippen LogP contribution in [0.25, 0.3) is 0 Å². The van der Waals surface area contributed by atoms with E-state index in [1.165, 1.54) is 0 Å². The summed E-state index contributed by atoms with van der Waals surface area (Å²) < 4.78 is 5.69. The van der Waals surface area contributed by atoms with E-state index in [-0.39, 0.29) is 12.8 Å². The molecule has 0 aromatic heterocycles. The highest BCUT2D eigenvalue weighted by Gasteiger charge is 2.64. The number of hydrogen-bond donors (Lipinski definition) is 2. The van der Waals surface area contributed by atoms with Gasteiger partial charge in [-0.05, 0) is 36.1 Å². The van der Waals surface area contributed by atoms with Crippen molar-refractivity contribution in [2.75, 3.05) is 0 Å².